The third-order valence-electron chi connectivity index (χ3n) is 4.24. The van der Waals surface area contributed by atoms with Crippen LogP contribution < -0.4 is 10.5 Å². The van der Waals surface area contributed by atoms with Gasteiger partial charge in [0.25, 0.3) is 0 Å². The van der Waals surface area contributed by atoms with Crippen molar-refractivity contribution in [3.05, 3.63) is 29.8 Å². The highest BCUT2D eigenvalue weighted by molar-refractivity contribution is 5.27. The second kappa shape index (κ2) is 5.93. The maximum Gasteiger partial charge on any atom is 0.119 e. The van der Waals surface area contributed by atoms with Gasteiger partial charge >= 0.3 is 0 Å². The Kier molecular flexibility index (Phi) is 4.04. The van der Waals surface area contributed by atoms with E-state index in [0.29, 0.717) is 12.1 Å². The number of nitrogens with zero attached hydrogens (tertiary/aromatic N) is 1. The fraction of sp³-hybridized carbons (Fsp3) is 0.625. The van der Waals surface area contributed by atoms with Gasteiger partial charge in [0, 0.05) is 25.7 Å². The average Bonchev–Trinajstić information content (AvgIpc) is 3.04. The lowest BCUT2D eigenvalue weighted by Crippen LogP contribution is -2.26. The molecule has 0 unspecified atom stereocenters. The molecule has 0 bridgehead atoms. The van der Waals surface area contributed by atoms with Gasteiger partial charge in [-0.2, -0.15) is 0 Å². The highest BCUT2D eigenvalue weighted by Crippen LogP contribution is 2.24. The molecule has 3 heteroatoms. The molecule has 2 fully saturated rings. The minimum absolute atomic E-state index is 0.366. The molecule has 1 atom stereocenters. The van der Waals surface area contributed by atoms with Crippen LogP contribution in [-0.4, -0.2) is 30.1 Å². The van der Waals surface area contributed by atoms with Gasteiger partial charge < -0.3 is 10.5 Å². The van der Waals surface area contributed by atoms with E-state index in [0.717, 1.165) is 31.8 Å². The van der Waals surface area contributed by atoms with Crippen molar-refractivity contribution in [1.82, 2.24) is 4.90 Å². The van der Waals surface area contributed by atoms with Crippen molar-refractivity contribution in [3.8, 4) is 5.75 Å². The number of benzene rings is 1. The van der Waals surface area contributed by atoms with Gasteiger partial charge in [0.2, 0.25) is 0 Å². The van der Waals surface area contributed by atoms with Crippen LogP contribution in [0.25, 0.3) is 0 Å². The molecule has 0 radical (unpaired) electrons. The van der Waals surface area contributed by atoms with E-state index >= 15 is 0 Å². The highest BCUT2D eigenvalue weighted by atomic mass is 16.5. The summed E-state index contributed by atoms with van der Waals surface area (Å²) in [6, 6.07) is 8.97. The van der Waals surface area contributed by atoms with Gasteiger partial charge in [-0.3, -0.25) is 4.90 Å². The Morgan fingerprint density at radius 1 is 1.11 bits per heavy atom. The number of rotatable bonds is 4. The Labute approximate surface area is 115 Å². The normalized spacial score (nSPS) is 25.0. The van der Waals surface area contributed by atoms with E-state index < -0.39 is 0 Å². The molecular weight excluding hydrogens is 236 g/mol. The topological polar surface area (TPSA) is 38.5 Å². The molecule has 19 heavy (non-hydrogen) atoms. The fourth-order valence-corrected chi connectivity index (χ4v) is 3.14. The van der Waals surface area contributed by atoms with Gasteiger partial charge in [-0.1, -0.05) is 12.1 Å². The number of hydrogen-bond acceptors (Lipinski definition) is 3. The van der Waals surface area contributed by atoms with Gasteiger partial charge in [-0.05, 0) is 49.8 Å². The Morgan fingerprint density at radius 3 is 2.47 bits per heavy atom. The van der Waals surface area contributed by atoms with Crippen LogP contribution in [0.2, 0.25) is 0 Å². The summed E-state index contributed by atoms with van der Waals surface area (Å²) >= 11 is 0. The van der Waals surface area contributed by atoms with E-state index in [1.807, 2.05) is 0 Å². The smallest absolute Gasteiger partial charge is 0.119 e. The Hall–Kier alpha value is -1.06. The molecule has 1 saturated heterocycles. The monoisotopic (exact) mass is 260 g/mol. The van der Waals surface area contributed by atoms with Crippen molar-refractivity contribution in [2.24, 2.45) is 5.73 Å². The summed E-state index contributed by atoms with van der Waals surface area (Å²) in [5.74, 6) is 1.02. The standard InChI is InChI=1S/C16H24N2O/c17-14-9-10-18(12-14)11-13-5-7-16(8-6-13)19-15-3-1-2-4-15/h5-8,14-15H,1-4,9-12,17H2/t14-/m0/s1. The summed E-state index contributed by atoms with van der Waals surface area (Å²) in [5, 5.41) is 0. The van der Waals surface area contributed by atoms with E-state index in [-0.39, 0.29) is 0 Å². The molecule has 1 aromatic rings. The predicted molar refractivity (Wildman–Crippen MR) is 77.2 cm³/mol. The lowest BCUT2D eigenvalue weighted by atomic mass is 10.2. The first-order valence-corrected chi connectivity index (χ1v) is 7.53. The van der Waals surface area contributed by atoms with Crippen molar-refractivity contribution in [2.45, 2.75) is 50.8 Å². The molecule has 2 N–H and O–H groups in total. The van der Waals surface area contributed by atoms with Crippen molar-refractivity contribution >= 4 is 0 Å². The van der Waals surface area contributed by atoms with E-state index in [4.69, 9.17) is 10.5 Å². The second-order valence-electron chi connectivity index (χ2n) is 5.95. The molecule has 104 valence electrons. The molecule has 3 nitrogen and oxygen atoms in total. The summed E-state index contributed by atoms with van der Waals surface area (Å²) in [7, 11) is 0. The van der Waals surface area contributed by atoms with Gasteiger partial charge in [0.1, 0.15) is 5.75 Å². The van der Waals surface area contributed by atoms with Crippen molar-refractivity contribution < 1.29 is 4.74 Å². The van der Waals surface area contributed by atoms with Crippen LogP contribution in [0.5, 0.6) is 5.75 Å². The maximum absolute atomic E-state index is 5.98. The van der Waals surface area contributed by atoms with E-state index in [2.05, 4.69) is 29.2 Å². The second-order valence-corrected chi connectivity index (χ2v) is 5.95. The molecule has 3 rings (SSSR count). The van der Waals surface area contributed by atoms with Crippen LogP contribution >= 0.6 is 0 Å². The number of hydrogen-bond donors (Lipinski definition) is 1. The molecular formula is C16H24N2O. The summed E-state index contributed by atoms with van der Waals surface area (Å²) in [4.78, 5) is 2.43. The van der Waals surface area contributed by atoms with Gasteiger partial charge in [0.15, 0.2) is 0 Å². The molecule has 1 aliphatic carbocycles. The van der Waals surface area contributed by atoms with Crippen LogP contribution in [0, 0.1) is 0 Å². The molecule has 1 saturated carbocycles. The van der Waals surface area contributed by atoms with Gasteiger partial charge in [0.05, 0.1) is 6.10 Å². The van der Waals surface area contributed by atoms with Crippen LogP contribution in [0.1, 0.15) is 37.7 Å². The molecule has 2 aliphatic rings. The minimum Gasteiger partial charge on any atom is -0.490 e. The molecule has 0 amide bonds. The molecule has 1 heterocycles. The third kappa shape index (κ3) is 3.48. The van der Waals surface area contributed by atoms with E-state index in [9.17, 15) is 0 Å². The first-order valence-electron chi connectivity index (χ1n) is 7.53. The predicted octanol–water partition coefficient (Wildman–Crippen LogP) is 2.54. The van der Waals surface area contributed by atoms with Crippen LogP contribution in [0.3, 0.4) is 0 Å². The van der Waals surface area contributed by atoms with Crippen LogP contribution in [0.4, 0.5) is 0 Å². The first-order chi connectivity index (χ1) is 9.29. The Morgan fingerprint density at radius 2 is 1.84 bits per heavy atom. The Balaban J connectivity index is 1.53. The lowest BCUT2D eigenvalue weighted by molar-refractivity contribution is 0.210. The van der Waals surface area contributed by atoms with Gasteiger partial charge in [-0.25, -0.2) is 0 Å². The molecule has 0 aromatic heterocycles. The largest absolute Gasteiger partial charge is 0.490 e. The number of nitrogens with two attached hydrogens (primary N) is 1. The molecule has 0 spiro atoms. The Bertz CT molecular complexity index is 398. The third-order valence-corrected chi connectivity index (χ3v) is 4.24. The lowest BCUT2D eigenvalue weighted by Gasteiger charge is -2.16. The summed E-state index contributed by atoms with van der Waals surface area (Å²) in [6.07, 6.45) is 6.64. The fourth-order valence-electron chi connectivity index (χ4n) is 3.14. The molecule has 1 aromatic carbocycles. The van der Waals surface area contributed by atoms with E-state index in [1.165, 1.54) is 31.2 Å². The van der Waals surface area contributed by atoms with Crippen molar-refractivity contribution in [3.63, 3.8) is 0 Å². The zero-order valence-electron chi connectivity index (χ0n) is 11.6. The van der Waals surface area contributed by atoms with Crippen molar-refractivity contribution in [2.75, 3.05) is 13.1 Å². The molecule has 1 aliphatic heterocycles. The maximum atomic E-state index is 5.98. The summed E-state index contributed by atoms with van der Waals surface area (Å²) in [5.41, 5.74) is 7.29. The van der Waals surface area contributed by atoms with E-state index in [1.54, 1.807) is 0 Å². The first kappa shape index (κ1) is 12.9. The zero-order valence-corrected chi connectivity index (χ0v) is 11.6. The summed E-state index contributed by atoms with van der Waals surface area (Å²) < 4.78 is 5.98. The van der Waals surface area contributed by atoms with Crippen LogP contribution in [0.15, 0.2) is 24.3 Å². The van der Waals surface area contributed by atoms with Gasteiger partial charge in [-0.15, -0.1) is 0 Å². The summed E-state index contributed by atoms with van der Waals surface area (Å²) in [6.45, 7) is 3.17. The van der Waals surface area contributed by atoms with Crippen molar-refractivity contribution in [1.29, 1.82) is 0 Å². The van der Waals surface area contributed by atoms with Crippen LogP contribution in [-0.2, 0) is 6.54 Å². The highest BCUT2D eigenvalue weighted by Gasteiger charge is 2.19. The quantitative estimate of drug-likeness (QED) is 0.904. The number of ether oxygens (including phenoxy) is 1. The average molecular weight is 260 g/mol. The zero-order chi connectivity index (χ0) is 13.1. The number of likely N-dealkylation sites (tertiary alicyclic amines) is 1. The minimum atomic E-state index is 0.366. The SMILES string of the molecule is N[C@H]1CCN(Cc2ccc(OC3CCCC3)cc2)C1.